The van der Waals surface area contributed by atoms with Gasteiger partial charge in [-0.1, -0.05) is 26.0 Å². The first kappa shape index (κ1) is 18.0. The fourth-order valence-electron chi connectivity index (χ4n) is 2.64. The third-order valence-electron chi connectivity index (χ3n) is 3.86. The average Bonchev–Trinajstić information content (AvgIpc) is 2.49. The van der Waals surface area contributed by atoms with Crippen LogP contribution in [0.15, 0.2) is 24.3 Å². The zero-order chi connectivity index (χ0) is 15.7. The highest BCUT2D eigenvalue weighted by atomic mass is 16.3. The summed E-state index contributed by atoms with van der Waals surface area (Å²) in [6.07, 6.45) is 3.09. The minimum absolute atomic E-state index is 0.250. The Hall–Kier alpha value is -1.06. The monoisotopic (exact) mass is 292 g/mol. The van der Waals surface area contributed by atoms with Crippen molar-refractivity contribution in [3.05, 3.63) is 29.8 Å². The van der Waals surface area contributed by atoms with Crippen LogP contribution in [0.4, 0.5) is 5.69 Å². The molecule has 0 saturated carbocycles. The van der Waals surface area contributed by atoms with Crippen LogP contribution >= 0.6 is 0 Å². The van der Waals surface area contributed by atoms with E-state index in [2.05, 4.69) is 62.2 Å². The predicted molar refractivity (Wildman–Crippen MR) is 92.0 cm³/mol. The number of hydrogen-bond acceptors (Lipinski definition) is 3. The molecule has 0 radical (unpaired) electrons. The number of aliphatic hydroxyl groups is 1. The largest absolute Gasteiger partial charge is 0.396 e. The summed E-state index contributed by atoms with van der Waals surface area (Å²) < 4.78 is 0. The Labute approximate surface area is 130 Å². The summed E-state index contributed by atoms with van der Waals surface area (Å²) in [6.45, 7) is 11.0. The van der Waals surface area contributed by atoms with Gasteiger partial charge in [-0.3, -0.25) is 0 Å². The van der Waals surface area contributed by atoms with Gasteiger partial charge in [-0.2, -0.15) is 0 Å². The number of nitrogens with one attached hydrogen (secondary N) is 1. The lowest BCUT2D eigenvalue weighted by molar-refractivity contribution is 0.288. The highest BCUT2D eigenvalue weighted by Gasteiger charge is 2.12. The van der Waals surface area contributed by atoms with Crippen molar-refractivity contribution in [2.24, 2.45) is 0 Å². The lowest BCUT2D eigenvalue weighted by Gasteiger charge is -2.29. The van der Waals surface area contributed by atoms with Crippen LogP contribution in [-0.4, -0.2) is 30.8 Å². The highest BCUT2D eigenvalue weighted by Crippen LogP contribution is 2.23. The Kier molecular flexibility index (Phi) is 8.40. The smallest absolute Gasteiger partial charge is 0.0447 e. The van der Waals surface area contributed by atoms with Gasteiger partial charge in [0, 0.05) is 30.9 Å². The molecule has 0 bridgehead atoms. The van der Waals surface area contributed by atoms with Crippen molar-refractivity contribution >= 4 is 5.69 Å². The molecule has 0 aliphatic carbocycles. The maximum atomic E-state index is 9.04. The van der Waals surface area contributed by atoms with Crippen molar-refractivity contribution in [2.75, 3.05) is 24.6 Å². The molecule has 3 heteroatoms. The molecule has 0 heterocycles. The van der Waals surface area contributed by atoms with Crippen LogP contribution in [0, 0.1) is 0 Å². The van der Waals surface area contributed by atoms with Gasteiger partial charge in [-0.15, -0.1) is 0 Å². The zero-order valence-corrected chi connectivity index (χ0v) is 14.1. The maximum absolute atomic E-state index is 9.04. The van der Waals surface area contributed by atoms with Gasteiger partial charge in [0.05, 0.1) is 0 Å². The van der Waals surface area contributed by atoms with Crippen molar-refractivity contribution in [2.45, 2.75) is 59.0 Å². The first-order valence-corrected chi connectivity index (χ1v) is 8.34. The topological polar surface area (TPSA) is 35.5 Å². The van der Waals surface area contributed by atoms with Gasteiger partial charge in [-0.05, 0) is 57.4 Å². The van der Waals surface area contributed by atoms with Crippen LogP contribution in [0.1, 0.15) is 58.6 Å². The van der Waals surface area contributed by atoms with Gasteiger partial charge >= 0.3 is 0 Å². The third kappa shape index (κ3) is 5.68. The Balaban J connectivity index is 2.78. The fraction of sp³-hybridized carbons (Fsp3) is 0.667. The van der Waals surface area contributed by atoms with E-state index in [4.69, 9.17) is 5.11 Å². The summed E-state index contributed by atoms with van der Waals surface area (Å²) in [7, 11) is 0. The van der Waals surface area contributed by atoms with E-state index >= 15 is 0 Å². The molecule has 1 aromatic rings. The SMILES string of the molecule is CCCNC(CC)c1ccc(N(CCCO)C(C)C)cc1. The lowest BCUT2D eigenvalue weighted by atomic mass is 10.0. The molecule has 0 aliphatic heterocycles. The number of aliphatic hydroxyl groups excluding tert-OH is 1. The molecule has 3 nitrogen and oxygen atoms in total. The normalized spacial score (nSPS) is 12.7. The van der Waals surface area contributed by atoms with Crippen LogP contribution in [0.5, 0.6) is 0 Å². The minimum atomic E-state index is 0.250. The number of hydrogen-bond donors (Lipinski definition) is 2. The van der Waals surface area contributed by atoms with E-state index in [0.717, 1.165) is 32.4 Å². The first-order valence-electron chi connectivity index (χ1n) is 8.34. The van der Waals surface area contributed by atoms with E-state index in [-0.39, 0.29) is 6.61 Å². The van der Waals surface area contributed by atoms with Crippen LogP contribution in [0.2, 0.25) is 0 Å². The summed E-state index contributed by atoms with van der Waals surface area (Å²) in [5.41, 5.74) is 2.60. The van der Waals surface area contributed by atoms with E-state index in [1.807, 2.05) is 0 Å². The Morgan fingerprint density at radius 2 is 1.81 bits per heavy atom. The standard InChI is InChI=1S/C18H32N2O/c1-5-12-19-18(6-2)16-8-10-17(11-9-16)20(15(3)4)13-7-14-21/h8-11,15,18-19,21H,5-7,12-14H2,1-4H3. The van der Waals surface area contributed by atoms with Gasteiger partial charge in [0.1, 0.15) is 0 Å². The second kappa shape index (κ2) is 9.80. The van der Waals surface area contributed by atoms with Crippen molar-refractivity contribution in [3.63, 3.8) is 0 Å². The minimum Gasteiger partial charge on any atom is -0.396 e. The summed E-state index contributed by atoms with van der Waals surface area (Å²) in [5.74, 6) is 0. The van der Waals surface area contributed by atoms with Crippen molar-refractivity contribution in [1.29, 1.82) is 0 Å². The Morgan fingerprint density at radius 3 is 2.29 bits per heavy atom. The molecular weight excluding hydrogens is 260 g/mol. The maximum Gasteiger partial charge on any atom is 0.0447 e. The summed E-state index contributed by atoms with van der Waals surface area (Å²) in [4.78, 5) is 2.35. The molecule has 120 valence electrons. The van der Waals surface area contributed by atoms with Crippen LogP contribution in [0.3, 0.4) is 0 Å². The Morgan fingerprint density at radius 1 is 1.14 bits per heavy atom. The molecule has 1 atom stereocenters. The molecule has 0 fully saturated rings. The van der Waals surface area contributed by atoms with Gasteiger partial charge in [-0.25, -0.2) is 0 Å². The number of benzene rings is 1. The molecule has 2 N–H and O–H groups in total. The summed E-state index contributed by atoms with van der Waals surface area (Å²) in [6, 6.07) is 9.79. The highest BCUT2D eigenvalue weighted by molar-refractivity contribution is 5.48. The van der Waals surface area contributed by atoms with Gasteiger partial charge < -0.3 is 15.3 Å². The molecule has 0 saturated heterocycles. The fourth-order valence-corrected chi connectivity index (χ4v) is 2.64. The third-order valence-corrected chi connectivity index (χ3v) is 3.86. The molecule has 0 amide bonds. The molecule has 1 aromatic carbocycles. The molecule has 0 aliphatic rings. The second-order valence-electron chi connectivity index (χ2n) is 5.87. The molecule has 1 rings (SSSR count). The number of anilines is 1. The van der Waals surface area contributed by atoms with E-state index in [9.17, 15) is 0 Å². The van der Waals surface area contributed by atoms with Crippen LogP contribution < -0.4 is 10.2 Å². The van der Waals surface area contributed by atoms with Crippen molar-refractivity contribution < 1.29 is 5.11 Å². The second-order valence-corrected chi connectivity index (χ2v) is 5.87. The van der Waals surface area contributed by atoms with E-state index in [1.54, 1.807) is 0 Å². The molecule has 0 aromatic heterocycles. The molecule has 1 unspecified atom stereocenters. The predicted octanol–water partition coefficient (Wildman–Crippen LogP) is 3.73. The molecule has 0 spiro atoms. The first-order chi connectivity index (χ1) is 10.1. The quantitative estimate of drug-likeness (QED) is 0.689. The van der Waals surface area contributed by atoms with Gasteiger partial charge in [0.2, 0.25) is 0 Å². The number of nitrogens with zero attached hydrogens (tertiary/aromatic N) is 1. The average molecular weight is 292 g/mol. The number of rotatable bonds is 10. The Bertz CT molecular complexity index is 375. The molecule has 21 heavy (non-hydrogen) atoms. The van der Waals surface area contributed by atoms with E-state index in [1.165, 1.54) is 11.3 Å². The molecular formula is C18H32N2O. The van der Waals surface area contributed by atoms with Crippen molar-refractivity contribution in [1.82, 2.24) is 5.32 Å². The van der Waals surface area contributed by atoms with E-state index < -0.39 is 0 Å². The summed E-state index contributed by atoms with van der Waals surface area (Å²) >= 11 is 0. The van der Waals surface area contributed by atoms with E-state index in [0.29, 0.717) is 12.1 Å². The van der Waals surface area contributed by atoms with Crippen LogP contribution in [0.25, 0.3) is 0 Å². The lowest BCUT2D eigenvalue weighted by Crippen LogP contribution is -2.32. The summed E-state index contributed by atoms with van der Waals surface area (Å²) in [5, 5.41) is 12.6. The van der Waals surface area contributed by atoms with Crippen LogP contribution in [-0.2, 0) is 0 Å². The van der Waals surface area contributed by atoms with Gasteiger partial charge in [0.25, 0.3) is 0 Å². The van der Waals surface area contributed by atoms with Crippen molar-refractivity contribution in [3.8, 4) is 0 Å². The zero-order valence-electron chi connectivity index (χ0n) is 14.1. The van der Waals surface area contributed by atoms with Gasteiger partial charge in [0.15, 0.2) is 0 Å².